The number of rotatable bonds is 5. The molecule has 0 aliphatic heterocycles. The Balaban J connectivity index is 1.39. The van der Waals surface area contributed by atoms with Crippen LogP contribution in [0.2, 0.25) is 0 Å². The molecule has 1 aliphatic carbocycles. The second kappa shape index (κ2) is 8.83. The summed E-state index contributed by atoms with van der Waals surface area (Å²) >= 11 is 1.60. The molecule has 0 unspecified atom stereocenters. The smallest absolute Gasteiger partial charge is 0.259 e. The minimum absolute atomic E-state index is 0.0602. The zero-order chi connectivity index (χ0) is 22.9. The lowest BCUT2D eigenvalue weighted by atomic mass is 10.0. The number of ether oxygens (including phenoxy) is 1. The summed E-state index contributed by atoms with van der Waals surface area (Å²) in [4.78, 5) is 32.3. The fraction of sp³-hybridized carbons (Fsp3) is 0.269. The first kappa shape index (κ1) is 21.4. The van der Waals surface area contributed by atoms with Gasteiger partial charge in [0.2, 0.25) is 0 Å². The van der Waals surface area contributed by atoms with Crippen molar-refractivity contribution in [2.24, 2.45) is 0 Å². The Hall–Kier alpha value is -3.45. The number of thiazole rings is 1. The van der Waals surface area contributed by atoms with Crippen molar-refractivity contribution in [1.29, 1.82) is 0 Å². The highest BCUT2D eigenvalue weighted by atomic mass is 32.1. The third-order valence-electron chi connectivity index (χ3n) is 5.96. The molecule has 33 heavy (non-hydrogen) atoms. The zero-order valence-electron chi connectivity index (χ0n) is 18.7. The van der Waals surface area contributed by atoms with Crippen molar-refractivity contribution >= 4 is 27.9 Å². The van der Waals surface area contributed by atoms with Crippen LogP contribution in [0.1, 0.15) is 50.6 Å². The topological polar surface area (TPSA) is 72.7 Å². The minimum Gasteiger partial charge on any atom is -0.485 e. The van der Waals surface area contributed by atoms with Crippen LogP contribution in [0.25, 0.3) is 4.96 Å². The maximum absolute atomic E-state index is 12.8. The quantitative estimate of drug-likeness (QED) is 0.452. The number of benzene rings is 2. The van der Waals surface area contributed by atoms with Crippen LogP contribution in [0.15, 0.2) is 53.3 Å². The predicted octanol–water partition coefficient (Wildman–Crippen LogP) is 5.08. The Morgan fingerprint density at radius 2 is 1.94 bits per heavy atom. The van der Waals surface area contributed by atoms with E-state index in [1.807, 2.05) is 50.2 Å². The summed E-state index contributed by atoms with van der Waals surface area (Å²) < 4.78 is 7.78. The van der Waals surface area contributed by atoms with E-state index in [4.69, 9.17) is 9.72 Å². The molecule has 0 atom stereocenters. The molecule has 6 nitrogen and oxygen atoms in total. The highest BCUT2D eigenvalue weighted by Crippen LogP contribution is 2.29. The van der Waals surface area contributed by atoms with Crippen molar-refractivity contribution in [3.05, 3.63) is 91.8 Å². The van der Waals surface area contributed by atoms with Gasteiger partial charge in [-0.2, -0.15) is 0 Å². The van der Waals surface area contributed by atoms with E-state index < -0.39 is 0 Å². The summed E-state index contributed by atoms with van der Waals surface area (Å²) in [6.45, 7) is 4.01. The molecule has 7 heteroatoms. The molecule has 0 radical (unpaired) electrons. The van der Waals surface area contributed by atoms with Crippen LogP contribution in [-0.4, -0.2) is 15.3 Å². The lowest BCUT2D eigenvalue weighted by Crippen LogP contribution is -2.18. The molecule has 0 bridgehead atoms. The molecule has 4 aromatic rings. The predicted molar refractivity (Wildman–Crippen MR) is 131 cm³/mol. The van der Waals surface area contributed by atoms with E-state index in [2.05, 4.69) is 5.32 Å². The monoisotopic (exact) mass is 459 g/mol. The van der Waals surface area contributed by atoms with E-state index >= 15 is 0 Å². The molecule has 5 rings (SSSR count). The first-order valence-electron chi connectivity index (χ1n) is 11.1. The highest BCUT2D eigenvalue weighted by molar-refractivity contribution is 7.17. The summed E-state index contributed by atoms with van der Waals surface area (Å²) in [5.74, 6) is 0.348. The maximum atomic E-state index is 12.8. The number of anilines is 1. The summed E-state index contributed by atoms with van der Waals surface area (Å²) in [5.41, 5.74) is 4.75. The Kier molecular flexibility index (Phi) is 5.72. The van der Waals surface area contributed by atoms with Crippen molar-refractivity contribution in [3.8, 4) is 5.75 Å². The van der Waals surface area contributed by atoms with E-state index in [0.717, 1.165) is 47.5 Å². The van der Waals surface area contributed by atoms with Gasteiger partial charge in [-0.1, -0.05) is 24.3 Å². The number of hydrogen-bond donors (Lipinski definition) is 1. The summed E-state index contributed by atoms with van der Waals surface area (Å²) in [6.07, 6.45) is 4.22. The molecule has 1 N–H and O–H groups in total. The summed E-state index contributed by atoms with van der Waals surface area (Å²) in [6, 6.07) is 14.6. The summed E-state index contributed by atoms with van der Waals surface area (Å²) in [7, 11) is 0. The standard InChI is InChI=1S/C26H25N3O3S/c1-16-11-12-22(20(13-16)28-25(31)19-8-4-3-7-17(19)2)32-15-18-14-24(30)29-21-9-5-6-10-23(21)33-26(29)27-18/h3-4,7-8,11-14H,5-6,9-10,15H2,1-2H3,(H,28,31). The van der Waals surface area contributed by atoms with Crippen molar-refractivity contribution in [3.63, 3.8) is 0 Å². The Bertz CT molecular complexity index is 1420. The molecule has 2 aromatic heterocycles. The van der Waals surface area contributed by atoms with Gasteiger partial charge >= 0.3 is 0 Å². The first-order chi connectivity index (χ1) is 16.0. The second-order valence-electron chi connectivity index (χ2n) is 8.44. The van der Waals surface area contributed by atoms with Gasteiger partial charge in [0.05, 0.1) is 11.4 Å². The van der Waals surface area contributed by atoms with E-state index in [1.54, 1.807) is 27.9 Å². The molecule has 0 spiro atoms. The summed E-state index contributed by atoms with van der Waals surface area (Å²) in [5, 5.41) is 2.97. The van der Waals surface area contributed by atoms with Gasteiger partial charge in [0, 0.05) is 22.2 Å². The van der Waals surface area contributed by atoms with Crippen LogP contribution in [0.5, 0.6) is 5.75 Å². The largest absolute Gasteiger partial charge is 0.485 e. The van der Waals surface area contributed by atoms with Crippen LogP contribution in [0.3, 0.4) is 0 Å². The molecule has 0 fully saturated rings. The lowest BCUT2D eigenvalue weighted by molar-refractivity contribution is 0.102. The van der Waals surface area contributed by atoms with Gasteiger partial charge in [-0.15, -0.1) is 11.3 Å². The third-order valence-corrected chi connectivity index (χ3v) is 7.11. The average Bonchev–Trinajstić information content (AvgIpc) is 3.17. The molecule has 0 saturated heterocycles. The highest BCUT2D eigenvalue weighted by Gasteiger charge is 2.19. The van der Waals surface area contributed by atoms with Gasteiger partial charge in [0.1, 0.15) is 12.4 Å². The number of fused-ring (bicyclic) bond motifs is 3. The number of carbonyl (C=O) groups excluding carboxylic acids is 1. The average molecular weight is 460 g/mol. The lowest BCUT2D eigenvalue weighted by Gasteiger charge is -2.14. The van der Waals surface area contributed by atoms with Crippen molar-refractivity contribution in [2.75, 3.05) is 5.32 Å². The van der Waals surface area contributed by atoms with Crippen molar-refractivity contribution in [2.45, 2.75) is 46.1 Å². The van der Waals surface area contributed by atoms with Crippen LogP contribution < -0.4 is 15.6 Å². The molecule has 1 amide bonds. The normalized spacial score (nSPS) is 13.0. The van der Waals surface area contributed by atoms with Crippen molar-refractivity contribution in [1.82, 2.24) is 9.38 Å². The van der Waals surface area contributed by atoms with Crippen LogP contribution in [-0.2, 0) is 19.4 Å². The number of nitrogens with one attached hydrogen (secondary N) is 1. The van der Waals surface area contributed by atoms with Gasteiger partial charge in [0.15, 0.2) is 4.96 Å². The maximum Gasteiger partial charge on any atom is 0.259 e. The van der Waals surface area contributed by atoms with Gasteiger partial charge in [-0.3, -0.25) is 14.0 Å². The van der Waals surface area contributed by atoms with Gasteiger partial charge < -0.3 is 10.1 Å². The molecule has 2 heterocycles. The van der Waals surface area contributed by atoms with Gasteiger partial charge in [0.25, 0.3) is 11.5 Å². The Labute approximate surface area is 195 Å². The Morgan fingerprint density at radius 3 is 2.79 bits per heavy atom. The Morgan fingerprint density at radius 1 is 1.12 bits per heavy atom. The SMILES string of the molecule is Cc1ccc(OCc2cc(=O)n3c4c(sc3n2)CCCC4)c(NC(=O)c2ccccc2C)c1. The zero-order valence-corrected chi connectivity index (χ0v) is 19.5. The van der Waals surface area contributed by atoms with Crippen LogP contribution >= 0.6 is 11.3 Å². The molecule has 1 aliphatic rings. The van der Waals surface area contributed by atoms with E-state index in [-0.39, 0.29) is 18.1 Å². The fourth-order valence-electron chi connectivity index (χ4n) is 4.25. The number of carbonyl (C=O) groups is 1. The van der Waals surface area contributed by atoms with E-state index in [9.17, 15) is 9.59 Å². The van der Waals surface area contributed by atoms with Crippen molar-refractivity contribution < 1.29 is 9.53 Å². The molecular formula is C26H25N3O3S. The number of nitrogens with zero attached hydrogens (tertiary/aromatic N) is 2. The molecular weight excluding hydrogens is 434 g/mol. The first-order valence-corrected chi connectivity index (χ1v) is 11.9. The molecule has 2 aromatic carbocycles. The van der Waals surface area contributed by atoms with Crippen LogP contribution in [0, 0.1) is 13.8 Å². The van der Waals surface area contributed by atoms with E-state index in [1.165, 1.54) is 4.88 Å². The number of aromatic nitrogens is 2. The number of amides is 1. The second-order valence-corrected chi connectivity index (χ2v) is 9.50. The van der Waals surface area contributed by atoms with Gasteiger partial charge in [-0.25, -0.2) is 4.98 Å². The molecule has 168 valence electrons. The fourth-order valence-corrected chi connectivity index (χ4v) is 5.48. The minimum atomic E-state index is -0.189. The number of hydrogen-bond acceptors (Lipinski definition) is 5. The number of aryl methyl sites for hydroxylation is 4. The van der Waals surface area contributed by atoms with Gasteiger partial charge in [-0.05, 0) is 68.9 Å². The molecule has 0 saturated carbocycles. The third kappa shape index (κ3) is 4.28. The van der Waals surface area contributed by atoms with E-state index in [0.29, 0.717) is 22.7 Å². The van der Waals surface area contributed by atoms with Crippen LogP contribution in [0.4, 0.5) is 5.69 Å².